The van der Waals surface area contributed by atoms with Crippen molar-refractivity contribution in [3.8, 4) is 0 Å². The van der Waals surface area contributed by atoms with E-state index in [0.29, 0.717) is 6.04 Å². The predicted molar refractivity (Wildman–Crippen MR) is 91.3 cm³/mol. The van der Waals surface area contributed by atoms with Crippen LogP contribution in [0.15, 0.2) is 23.1 Å². The van der Waals surface area contributed by atoms with Crippen LogP contribution < -0.4 is 5.32 Å². The van der Waals surface area contributed by atoms with Crippen LogP contribution in [0.2, 0.25) is 0 Å². The van der Waals surface area contributed by atoms with Crippen molar-refractivity contribution in [3.05, 3.63) is 29.3 Å². The Morgan fingerprint density at radius 1 is 1.14 bits per heavy atom. The SMILES string of the molecule is CCNC1CCCCCCC1S(=O)c1ccc(C)cc1C. The summed E-state index contributed by atoms with van der Waals surface area (Å²) in [6, 6.07) is 6.71. The van der Waals surface area contributed by atoms with Gasteiger partial charge in [0.2, 0.25) is 0 Å². The second-order valence-corrected chi connectivity index (χ2v) is 7.90. The van der Waals surface area contributed by atoms with E-state index >= 15 is 0 Å². The average Bonchev–Trinajstić information content (AvgIpc) is 2.41. The zero-order valence-corrected chi connectivity index (χ0v) is 14.5. The molecule has 0 radical (unpaired) electrons. The highest BCUT2D eigenvalue weighted by atomic mass is 32.2. The van der Waals surface area contributed by atoms with Gasteiger partial charge in [0.25, 0.3) is 0 Å². The quantitative estimate of drug-likeness (QED) is 0.907. The van der Waals surface area contributed by atoms with E-state index in [1.165, 1.54) is 36.8 Å². The zero-order chi connectivity index (χ0) is 15.2. The minimum atomic E-state index is -0.903. The van der Waals surface area contributed by atoms with Crippen LogP contribution in [0.4, 0.5) is 0 Å². The van der Waals surface area contributed by atoms with Gasteiger partial charge in [-0.3, -0.25) is 4.21 Å². The number of hydrogen-bond acceptors (Lipinski definition) is 2. The summed E-state index contributed by atoms with van der Waals surface area (Å²) in [4.78, 5) is 1.04. The molecular formula is C18H29NOS. The van der Waals surface area contributed by atoms with Gasteiger partial charge in [0.05, 0.1) is 16.0 Å². The van der Waals surface area contributed by atoms with Crippen molar-refractivity contribution in [1.29, 1.82) is 0 Å². The number of nitrogens with one attached hydrogen (secondary N) is 1. The first-order valence-electron chi connectivity index (χ1n) is 8.34. The van der Waals surface area contributed by atoms with Gasteiger partial charge in [0.15, 0.2) is 0 Å². The average molecular weight is 308 g/mol. The number of hydrogen-bond donors (Lipinski definition) is 1. The maximum Gasteiger partial charge on any atom is 0.0579 e. The molecule has 0 aromatic heterocycles. The van der Waals surface area contributed by atoms with Gasteiger partial charge in [0, 0.05) is 10.9 Å². The summed E-state index contributed by atoms with van der Waals surface area (Å²) in [6.45, 7) is 7.30. The molecule has 0 spiro atoms. The topological polar surface area (TPSA) is 29.1 Å². The second kappa shape index (κ2) is 8.09. The molecule has 0 saturated heterocycles. The molecule has 0 bridgehead atoms. The number of benzene rings is 1. The van der Waals surface area contributed by atoms with Gasteiger partial charge in [-0.2, -0.15) is 0 Å². The van der Waals surface area contributed by atoms with Crippen molar-refractivity contribution in [2.45, 2.75) is 75.5 Å². The van der Waals surface area contributed by atoms with Crippen LogP contribution in [0.1, 0.15) is 56.6 Å². The van der Waals surface area contributed by atoms with Crippen LogP contribution in [0.5, 0.6) is 0 Å². The standard InChI is InChI=1S/C18H29NOS/c1-4-19-16-9-7-5-6-8-10-18(16)21(20)17-12-11-14(2)13-15(17)3/h11-13,16,18-19H,4-10H2,1-3H3. The minimum Gasteiger partial charge on any atom is -0.313 e. The molecule has 3 heteroatoms. The Bertz CT molecular complexity index is 486. The van der Waals surface area contributed by atoms with Crippen molar-refractivity contribution < 1.29 is 4.21 Å². The van der Waals surface area contributed by atoms with Gasteiger partial charge in [-0.25, -0.2) is 0 Å². The maximum absolute atomic E-state index is 13.2. The van der Waals surface area contributed by atoms with Crippen LogP contribution in [0.25, 0.3) is 0 Å². The Labute approximate surface area is 132 Å². The van der Waals surface area contributed by atoms with Crippen molar-refractivity contribution in [2.75, 3.05) is 6.54 Å². The van der Waals surface area contributed by atoms with Gasteiger partial charge in [-0.15, -0.1) is 0 Å². The molecule has 1 aliphatic carbocycles. The van der Waals surface area contributed by atoms with Crippen LogP contribution in [-0.4, -0.2) is 22.0 Å². The second-order valence-electron chi connectivity index (χ2n) is 6.26. The molecule has 3 unspecified atom stereocenters. The lowest BCUT2D eigenvalue weighted by atomic mass is 9.96. The molecule has 1 saturated carbocycles. The molecule has 1 N–H and O–H groups in total. The molecule has 3 atom stereocenters. The molecule has 0 amide bonds. The van der Waals surface area contributed by atoms with Crippen molar-refractivity contribution >= 4 is 10.8 Å². The van der Waals surface area contributed by atoms with E-state index in [0.717, 1.165) is 24.3 Å². The largest absolute Gasteiger partial charge is 0.313 e. The summed E-state index contributed by atoms with van der Waals surface area (Å²) in [5, 5.41) is 3.85. The smallest absolute Gasteiger partial charge is 0.0579 e. The van der Waals surface area contributed by atoms with Gasteiger partial charge < -0.3 is 5.32 Å². The van der Waals surface area contributed by atoms with Gasteiger partial charge in [-0.05, 0) is 44.9 Å². The molecule has 2 rings (SSSR count). The monoisotopic (exact) mass is 307 g/mol. The summed E-state index contributed by atoms with van der Waals surface area (Å²) in [5.74, 6) is 0. The molecule has 2 nitrogen and oxygen atoms in total. The predicted octanol–water partition coefficient (Wildman–Crippen LogP) is 4.11. The number of aryl methyl sites for hydroxylation is 2. The third kappa shape index (κ3) is 4.40. The first kappa shape index (κ1) is 16.7. The molecule has 0 heterocycles. The third-order valence-corrected chi connectivity index (χ3v) is 6.50. The van der Waals surface area contributed by atoms with E-state index in [9.17, 15) is 4.21 Å². The van der Waals surface area contributed by atoms with E-state index in [1.807, 2.05) is 0 Å². The molecular weight excluding hydrogens is 278 g/mol. The Morgan fingerprint density at radius 2 is 1.86 bits per heavy atom. The maximum atomic E-state index is 13.2. The first-order valence-corrected chi connectivity index (χ1v) is 9.56. The Kier molecular flexibility index (Phi) is 6.43. The molecule has 1 aliphatic rings. The third-order valence-electron chi connectivity index (χ3n) is 4.49. The van der Waals surface area contributed by atoms with Gasteiger partial charge >= 0.3 is 0 Å². The molecule has 1 fully saturated rings. The highest BCUT2D eigenvalue weighted by Gasteiger charge is 2.28. The highest BCUT2D eigenvalue weighted by molar-refractivity contribution is 7.85. The van der Waals surface area contributed by atoms with E-state index in [4.69, 9.17) is 0 Å². The Hall–Kier alpha value is -0.670. The minimum absolute atomic E-state index is 0.256. The normalized spacial score (nSPS) is 25.1. The van der Waals surface area contributed by atoms with E-state index in [-0.39, 0.29) is 5.25 Å². The van der Waals surface area contributed by atoms with Crippen LogP contribution in [0.3, 0.4) is 0 Å². The molecule has 1 aromatic carbocycles. The zero-order valence-electron chi connectivity index (χ0n) is 13.7. The summed E-state index contributed by atoms with van der Waals surface area (Å²) >= 11 is 0. The summed E-state index contributed by atoms with van der Waals surface area (Å²) in [7, 11) is -0.903. The highest BCUT2D eigenvalue weighted by Crippen LogP contribution is 2.27. The fraction of sp³-hybridized carbons (Fsp3) is 0.667. The fourth-order valence-electron chi connectivity index (χ4n) is 3.39. The van der Waals surface area contributed by atoms with Crippen molar-refractivity contribution in [1.82, 2.24) is 5.32 Å². The lowest BCUT2D eigenvalue weighted by Crippen LogP contribution is -2.42. The Balaban J connectivity index is 2.23. The first-order chi connectivity index (χ1) is 10.1. The van der Waals surface area contributed by atoms with Crippen LogP contribution in [0, 0.1) is 13.8 Å². The van der Waals surface area contributed by atoms with Crippen molar-refractivity contribution in [2.24, 2.45) is 0 Å². The summed E-state index contributed by atoms with van der Waals surface area (Å²) in [6.07, 6.45) is 7.33. The van der Waals surface area contributed by atoms with E-state index < -0.39 is 10.8 Å². The lowest BCUT2D eigenvalue weighted by Gasteiger charge is -2.29. The molecule has 1 aromatic rings. The van der Waals surface area contributed by atoms with E-state index in [2.05, 4.69) is 44.3 Å². The van der Waals surface area contributed by atoms with Crippen molar-refractivity contribution in [3.63, 3.8) is 0 Å². The van der Waals surface area contributed by atoms with Gasteiger partial charge in [0.1, 0.15) is 0 Å². The van der Waals surface area contributed by atoms with Gasteiger partial charge in [-0.1, -0.05) is 50.3 Å². The molecule has 0 aliphatic heterocycles. The fourth-order valence-corrected chi connectivity index (χ4v) is 5.21. The molecule has 21 heavy (non-hydrogen) atoms. The summed E-state index contributed by atoms with van der Waals surface area (Å²) < 4.78 is 13.2. The molecule has 118 valence electrons. The lowest BCUT2D eigenvalue weighted by molar-refractivity contribution is 0.400. The van der Waals surface area contributed by atoms with E-state index in [1.54, 1.807) is 0 Å². The summed E-state index contributed by atoms with van der Waals surface area (Å²) in [5.41, 5.74) is 2.42. The van der Waals surface area contributed by atoms with Crippen LogP contribution in [-0.2, 0) is 10.8 Å². The van der Waals surface area contributed by atoms with Crippen LogP contribution >= 0.6 is 0 Å². The number of rotatable bonds is 4. The Morgan fingerprint density at radius 3 is 2.52 bits per heavy atom.